The molecule has 0 aliphatic rings. The zero-order valence-electron chi connectivity index (χ0n) is 18.1. The van der Waals surface area contributed by atoms with Crippen molar-refractivity contribution in [1.82, 2.24) is 10.9 Å². The van der Waals surface area contributed by atoms with Crippen LogP contribution in [-0.4, -0.2) is 23.2 Å². The Kier molecular flexibility index (Phi) is 7.07. The van der Waals surface area contributed by atoms with Crippen LogP contribution in [0.3, 0.4) is 0 Å². The first-order valence-electron chi connectivity index (χ1n) is 10.5. The molecule has 168 valence electrons. The fourth-order valence-electron chi connectivity index (χ4n) is 3.41. The van der Waals surface area contributed by atoms with Gasteiger partial charge in [0.15, 0.2) is 0 Å². The molecule has 0 atom stereocenters. The number of carbonyl (C=O) groups is 2. The third-order valence-electron chi connectivity index (χ3n) is 5.05. The summed E-state index contributed by atoms with van der Waals surface area (Å²) in [5, 5.41) is 12.8. The zero-order valence-corrected chi connectivity index (χ0v) is 18.1. The molecule has 0 bridgehead atoms. The lowest BCUT2D eigenvalue weighted by Crippen LogP contribution is -2.21. The van der Waals surface area contributed by atoms with Crippen molar-refractivity contribution in [3.63, 3.8) is 0 Å². The first kappa shape index (κ1) is 22.4. The summed E-state index contributed by atoms with van der Waals surface area (Å²) < 4.78 is 0. The van der Waals surface area contributed by atoms with Gasteiger partial charge in [-0.1, -0.05) is 54.6 Å². The van der Waals surface area contributed by atoms with Crippen LogP contribution in [0.2, 0.25) is 0 Å². The van der Waals surface area contributed by atoms with Crippen LogP contribution in [-0.2, 0) is 0 Å². The van der Waals surface area contributed by atoms with Crippen LogP contribution in [0.1, 0.15) is 26.3 Å². The number of hydrogen-bond acceptors (Lipinski definition) is 5. The van der Waals surface area contributed by atoms with Gasteiger partial charge in [0, 0.05) is 28.2 Å². The normalized spacial score (nSPS) is 10.6. The molecule has 7 nitrogen and oxygen atoms in total. The topological polar surface area (TPSA) is 94.0 Å². The Bertz CT molecular complexity index is 1250. The van der Waals surface area contributed by atoms with E-state index in [0.717, 1.165) is 22.6 Å². The van der Waals surface area contributed by atoms with Crippen LogP contribution in [0.5, 0.6) is 0 Å². The maximum Gasteiger partial charge on any atom is 0.274 e. The van der Waals surface area contributed by atoms with Gasteiger partial charge in [-0.3, -0.25) is 14.8 Å². The summed E-state index contributed by atoms with van der Waals surface area (Å²) in [4.78, 5) is 26.0. The highest BCUT2D eigenvalue weighted by Crippen LogP contribution is 2.33. The highest BCUT2D eigenvalue weighted by Gasteiger charge is 2.12. The van der Waals surface area contributed by atoms with E-state index in [1.54, 1.807) is 23.8 Å². The van der Waals surface area contributed by atoms with Crippen molar-refractivity contribution >= 4 is 35.1 Å². The summed E-state index contributed by atoms with van der Waals surface area (Å²) in [7, 11) is 0. The van der Waals surface area contributed by atoms with Crippen LogP contribution < -0.4 is 15.8 Å². The summed E-state index contributed by atoms with van der Waals surface area (Å²) in [6.45, 7) is 0. The van der Waals surface area contributed by atoms with Gasteiger partial charge in [0.05, 0.1) is 6.21 Å². The van der Waals surface area contributed by atoms with E-state index in [1.165, 1.54) is 12.1 Å². The van der Waals surface area contributed by atoms with Gasteiger partial charge in [-0.05, 0) is 60.2 Å². The predicted octanol–water partition coefficient (Wildman–Crippen LogP) is 5.04. The van der Waals surface area contributed by atoms with Crippen LogP contribution >= 0.6 is 0 Å². The summed E-state index contributed by atoms with van der Waals surface area (Å²) >= 11 is 0. The number of para-hydroxylation sites is 2. The molecule has 34 heavy (non-hydrogen) atoms. The van der Waals surface area contributed by atoms with E-state index in [4.69, 9.17) is 5.21 Å². The number of anilines is 3. The van der Waals surface area contributed by atoms with Crippen molar-refractivity contribution in [2.45, 2.75) is 0 Å². The highest BCUT2D eigenvalue weighted by atomic mass is 16.5. The fourth-order valence-corrected chi connectivity index (χ4v) is 3.41. The van der Waals surface area contributed by atoms with Crippen LogP contribution in [0.4, 0.5) is 17.1 Å². The minimum atomic E-state index is -0.696. The molecular weight excluding hydrogens is 428 g/mol. The number of hydroxylamine groups is 1. The third kappa shape index (κ3) is 5.35. The standard InChI is InChI=1S/C27H22N4O3/c32-26(21-8-7-9-22(18-21)27(33)30-34)29-28-19-20-14-16-25(17-15-20)31(23-10-3-1-4-11-23)24-12-5-2-6-13-24/h1-19,34H,(H,29,32)(H,30,33). The molecule has 0 radical (unpaired) electrons. The number of amides is 2. The molecule has 0 aromatic heterocycles. The van der Waals surface area contributed by atoms with Crippen molar-refractivity contribution in [1.29, 1.82) is 0 Å². The molecule has 0 saturated heterocycles. The molecule has 4 aromatic carbocycles. The summed E-state index contributed by atoms with van der Waals surface area (Å²) in [5.74, 6) is -1.17. The van der Waals surface area contributed by atoms with Gasteiger partial charge in [-0.2, -0.15) is 5.10 Å². The lowest BCUT2D eigenvalue weighted by molar-refractivity contribution is 0.0706. The van der Waals surface area contributed by atoms with Gasteiger partial charge >= 0.3 is 0 Å². The maximum absolute atomic E-state index is 12.3. The van der Waals surface area contributed by atoms with Crippen molar-refractivity contribution in [2.24, 2.45) is 5.10 Å². The fraction of sp³-hybridized carbons (Fsp3) is 0. The Morgan fingerprint density at radius 1 is 0.676 bits per heavy atom. The Balaban J connectivity index is 1.48. The molecule has 4 rings (SSSR count). The second kappa shape index (κ2) is 10.7. The van der Waals surface area contributed by atoms with E-state index in [2.05, 4.69) is 39.7 Å². The molecule has 0 fully saturated rings. The molecule has 0 unspecified atom stereocenters. The maximum atomic E-state index is 12.3. The van der Waals surface area contributed by atoms with Crippen molar-refractivity contribution < 1.29 is 14.8 Å². The van der Waals surface area contributed by atoms with E-state index in [1.807, 2.05) is 60.7 Å². The van der Waals surface area contributed by atoms with Crippen LogP contribution in [0.25, 0.3) is 0 Å². The van der Waals surface area contributed by atoms with E-state index in [0.29, 0.717) is 0 Å². The molecular formula is C27H22N4O3. The van der Waals surface area contributed by atoms with Crippen molar-refractivity contribution in [3.05, 3.63) is 126 Å². The van der Waals surface area contributed by atoms with Crippen LogP contribution in [0, 0.1) is 0 Å². The minimum Gasteiger partial charge on any atom is -0.311 e. The Hall–Kier alpha value is -4.75. The largest absolute Gasteiger partial charge is 0.311 e. The second-order valence-corrected chi connectivity index (χ2v) is 7.32. The molecule has 0 spiro atoms. The number of hydrazone groups is 1. The molecule has 0 heterocycles. The summed E-state index contributed by atoms with van der Waals surface area (Å²) in [5.41, 5.74) is 8.27. The number of benzene rings is 4. The average molecular weight is 450 g/mol. The predicted molar refractivity (Wildman–Crippen MR) is 132 cm³/mol. The Labute approximate surface area is 196 Å². The SMILES string of the molecule is O=C(NO)c1cccc(C(=O)NN=Cc2ccc(N(c3ccccc3)c3ccccc3)cc2)c1. The van der Waals surface area contributed by atoms with E-state index < -0.39 is 11.8 Å². The Morgan fingerprint density at radius 2 is 1.21 bits per heavy atom. The molecule has 4 aromatic rings. The smallest absolute Gasteiger partial charge is 0.274 e. The van der Waals surface area contributed by atoms with Gasteiger partial charge in [0.25, 0.3) is 11.8 Å². The quantitative estimate of drug-likeness (QED) is 0.209. The Morgan fingerprint density at radius 3 is 1.76 bits per heavy atom. The molecule has 0 aliphatic heterocycles. The van der Waals surface area contributed by atoms with Gasteiger partial charge in [-0.25, -0.2) is 10.9 Å². The number of nitrogens with zero attached hydrogens (tertiary/aromatic N) is 2. The number of nitrogens with one attached hydrogen (secondary N) is 2. The van der Waals surface area contributed by atoms with E-state index in [9.17, 15) is 9.59 Å². The molecule has 2 amide bonds. The highest BCUT2D eigenvalue weighted by molar-refractivity contribution is 5.99. The van der Waals surface area contributed by atoms with E-state index >= 15 is 0 Å². The molecule has 0 aliphatic carbocycles. The van der Waals surface area contributed by atoms with Crippen LogP contribution in [0.15, 0.2) is 114 Å². The second-order valence-electron chi connectivity index (χ2n) is 7.32. The number of rotatable bonds is 7. The monoisotopic (exact) mass is 450 g/mol. The van der Waals surface area contributed by atoms with Gasteiger partial charge in [-0.15, -0.1) is 0 Å². The van der Waals surface area contributed by atoms with Crippen molar-refractivity contribution in [3.8, 4) is 0 Å². The molecule has 7 heteroatoms. The zero-order chi connectivity index (χ0) is 23.8. The lowest BCUT2D eigenvalue weighted by Gasteiger charge is -2.25. The third-order valence-corrected chi connectivity index (χ3v) is 5.05. The summed E-state index contributed by atoms with van der Waals surface area (Å²) in [6.07, 6.45) is 1.54. The van der Waals surface area contributed by atoms with Gasteiger partial charge in [0.1, 0.15) is 0 Å². The van der Waals surface area contributed by atoms with Crippen molar-refractivity contribution in [2.75, 3.05) is 4.90 Å². The summed E-state index contributed by atoms with van der Waals surface area (Å²) in [6, 6.07) is 33.9. The van der Waals surface area contributed by atoms with Gasteiger partial charge < -0.3 is 4.90 Å². The lowest BCUT2D eigenvalue weighted by atomic mass is 10.1. The molecule has 3 N–H and O–H groups in total. The first-order chi connectivity index (χ1) is 16.7. The van der Waals surface area contributed by atoms with Gasteiger partial charge in [0.2, 0.25) is 0 Å². The first-order valence-corrected chi connectivity index (χ1v) is 10.5. The minimum absolute atomic E-state index is 0.163. The number of carbonyl (C=O) groups excluding carboxylic acids is 2. The molecule has 0 saturated carbocycles. The average Bonchev–Trinajstić information content (AvgIpc) is 2.90. The number of hydrogen-bond donors (Lipinski definition) is 3. The van der Waals surface area contributed by atoms with E-state index in [-0.39, 0.29) is 11.1 Å².